The zero-order valence-electron chi connectivity index (χ0n) is 12.1. The Bertz CT molecular complexity index is 289. The molecule has 3 fully saturated rings. The summed E-state index contributed by atoms with van der Waals surface area (Å²) in [4.78, 5) is 2.66. The Kier molecular flexibility index (Phi) is 3.44. The summed E-state index contributed by atoms with van der Waals surface area (Å²) in [5.74, 6) is 2.49. The number of hydrogen-bond donors (Lipinski definition) is 1. The van der Waals surface area contributed by atoms with Gasteiger partial charge in [-0.05, 0) is 55.3 Å². The number of nitrogens with zero attached hydrogens (tertiary/aromatic N) is 1. The molecule has 4 atom stereocenters. The van der Waals surface area contributed by atoms with E-state index >= 15 is 0 Å². The molecule has 0 bridgehead atoms. The molecule has 0 spiro atoms. The molecule has 2 heteroatoms. The number of aliphatic hydroxyl groups is 1. The van der Waals surface area contributed by atoms with E-state index in [1.807, 2.05) is 0 Å². The maximum absolute atomic E-state index is 10.2. The normalized spacial score (nSPS) is 44.2. The predicted molar refractivity (Wildman–Crippen MR) is 74.4 cm³/mol. The molecule has 0 amide bonds. The lowest BCUT2D eigenvalue weighted by molar-refractivity contribution is 0.00640. The number of rotatable bonds is 2. The first kappa shape index (κ1) is 12.9. The molecule has 0 aromatic carbocycles. The molecule has 1 aliphatic heterocycles. The van der Waals surface area contributed by atoms with E-state index in [1.165, 1.54) is 45.2 Å². The molecule has 2 saturated carbocycles. The molecule has 0 aromatic heterocycles. The van der Waals surface area contributed by atoms with Gasteiger partial charge >= 0.3 is 0 Å². The van der Waals surface area contributed by atoms with Crippen LogP contribution in [0.3, 0.4) is 0 Å². The lowest BCUT2D eigenvalue weighted by Crippen LogP contribution is -2.40. The largest absolute Gasteiger partial charge is 0.393 e. The Morgan fingerprint density at radius 2 is 1.78 bits per heavy atom. The van der Waals surface area contributed by atoms with E-state index in [2.05, 4.69) is 18.7 Å². The minimum atomic E-state index is -0.0431. The number of hydrogen-bond acceptors (Lipinski definition) is 2. The van der Waals surface area contributed by atoms with Crippen LogP contribution in [0.2, 0.25) is 0 Å². The van der Waals surface area contributed by atoms with Crippen LogP contribution in [0.1, 0.15) is 52.4 Å². The van der Waals surface area contributed by atoms with Crippen molar-refractivity contribution in [3.63, 3.8) is 0 Å². The van der Waals surface area contributed by atoms with Gasteiger partial charge in [0.1, 0.15) is 0 Å². The van der Waals surface area contributed by atoms with E-state index in [0.717, 1.165) is 24.8 Å². The lowest BCUT2D eigenvalue weighted by Gasteiger charge is -2.40. The van der Waals surface area contributed by atoms with Crippen molar-refractivity contribution in [2.45, 2.75) is 58.5 Å². The topological polar surface area (TPSA) is 23.5 Å². The number of aliphatic hydroxyl groups excluding tert-OH is 1. The molecule has 104 valence electrons. The van der Waals surface area contributed by atoms with Crippen molar-refractivity contribution in [1.29, 1.82) is 0 Å². The first-order valence-electron chi connectivity index (χ1n) is 7.94. The number of likely N-dealkylation sites (tertiary alicyclic amines) is 1. The zero-order chi connectivity index (χ0) is 12.8. The molecular weight excluding hydrogens is 222 g/mol. The fourth-order valence-corrected chi connectivity index (χ4v) is 4.72. The SMILES string of the molecule is CC1(C)CCC(O)C(CN2CC3CCCC3C2)C1. The summed E-state index contributed by atoms with van der Waals surface area (Å²) >= 11 is 0. The maximum atomic E-state index is 10.2. The summed E-state index contributed by atoms with van der Waals surface area (Å²) in [5, 5.41) is 10.2. The second-order valence-electron chi connectivity index (χ2n) is 7.90. The third kappa shape index (κ3) is 2.60. The molecule has 4 unspecified atom stereocenters. The summed E-state index contributed by atoms with van der Waals surface area (Å²) in [7, 11) is 0. The van der Waals surface area contributed by atoms with E-state index in [0.29, 0.717) is 11.3 Å². The molecule has 3 rings (SSSR count). The van der Waals surface area contributed by atoms with E-state index in [-0.39, 0.29) is 6.10 Å². The van der Waals surface area contributed by atoms with E-state index < -0.39 is 0 Å². The van der Waals surface area contributed by atoms with Gasteiger partial charge in [0.25, 0.3) is 0 Å². The molecule has 0 radical (unpaired) electrons. The van der Waals surface area contributed by atoms with Crippen LogP contribution in [-0.2, 0) is 0 Å². The molecule has 3 aliphatic rings. The molecule has 18 heavy (non-hydrogen) atoms. The average molecular weight is 251 g/mol. The molecule has 2 nitrogen and oxygen atoms in total. The van der Waals surface area contributed by atoms with Crippen LogP contribution in [0.15, 0.2) is 0 Å². The van der Waals surface area contributed by atoms with Gasteiger partial charge in [0.2, 0.25) is 0 Å². The van der Waals surface area contributed by atoms with Crippen molar-refractivity contribution in [2.75, 3.05) is 19.6 Å². The van der Waals surface area contributed by atoms with Gasteiger partial charge in [-0.2, -0.15) is 0 Å². The first-order valence-corrected chi connectivity index (χ1v) is 7.94. The van der Waals surface area contributed by atoms with Crippen molar-refractivity contribution in [1.82, 2.24) is 4.90 Å². The molecule has 1 N–H and O–H groups in total. The van der Waals surface area contributed by atoms with Gasteiger partial charge in [0, 0.05) is 19.6 Å². The molecule has 0 aromatic rings. The fraction of sp³-hybridized carbons (Fsp3) is 1.00. The monoisotopic (exact) mass is 251 g/mol. The second-order valence-corrected chi connectivity index (χ2v) is 7.90. The van der Waals surface area contributed by atoms with Gasteiger partial charge in [-0.15, -0.1) is 0 Å². The molecular formula is C16H29NO. The first-order chi connectivity index (χ1) is 8.53. The van der Waals surface area contributed by atoms with Gasteiger partial charge in [-0.3, -0.25) is 0 Å². The van der Waals surface area contributed by atoms with E-state index in [4.69, 9.17) is 0 Å². The minimum Gasteiger partial charge on any atom is -0.393 e. The van der Waals surface area contributed by atoms with Gasteiger partial charge < -0.3 is 10.0 Å². The summed E-state index contributed by atoms with van der Waals surface area (Å²) < 4.78 is 0. The highest BCUT2D eigenvalue weighted by Gasteiger charge is 2.39. The predicted octanol–water partition coefficient (Wildman–Crippen LogP) is 2.91. The smallest absolute Gasteiger partial charge is 0.0581 e. The Balaban J connectivity index is 1.56. The van der Waals surface area contributed by atoms with Gasteiger partial charge in [-0.1, -0.05) is 20.3 Å². The van der Waals surface area contributed by atoms with Gasteiger partial charge in [0.15, 0.2) is 0 Å². The van der Waals surface area contributed by atoms with Gasteiger partial charge in [-0.25, -0.2) is 0 Å². The van der Waals surface area contributed by atoms with Gasteiger partial charge in [0.05, 0.1) is 6.10 Å². The molecule has 2 aliphatic carbocycles. The Labute approximate surface area is 112 Å². The quantitative estimate of drug-likeness (QED) is 0.815. The molecule has 1 saturated heterocycles. The standard InChI is InChI=1S/C16H29NO/c1-16(2)7-6-15(18)14(8-16)11-17-9-12-4-3-5-13(12)10-17/h12-15,18H,3-11H2,1-2H3. The Morgan fingerprint density at radius 1 is 1.11 bits per heavy atom. The number of fused-ring (bicyclic) bond motifs is 1. The van der Waals surface area contributed by atoms with Crippen LogP contribution in [-0.4, -0.2) is 35.7 Å². The van der Waals surface area contributed by atoms with Crippen molar-refractivity contribution in [3.8, 4) is 0 Å². The van der Waals surface area contributed by atoms with Crippen molar-refractivity contribution in [3.05, 3.63) is 0 Å². The Hall–Kier alpha value is -0.0800. The average Bonchev–Trinajstić information content (AvgIpc) is 2.83. The summed E-state index contributed by atoms with van der Waals surface area (Å²) in [5.41, 5.74) is 0.444. The highest BCUT2D eigenvalue weighted by atomic mass is 16.3. The Morgan fingerprint density at radius 3 is 2.44 bits per heavy atom. The van der Waals surface area contributed by atoms with Crippen LogP contribution in [0, 0.1) is 23.2 Å². The van der Waals surface area contributed by atoms with Crippen LogP contribution < -0.4 is 0 Å². The third-order valence-corrected chi connectivity index (χ3v) is 5.77. The summed E-state index contributed by atoms with van der Waals surface area (Å²) in [6.45, 7) is 8.51. The van der Waals surface area contributed by atoms with Crippen molar-refractivity contribution < 1.29 is 5.11 Å². The van der Waals surface area contributed by atoms with E-state index in [1.54, 1.807) is 0 Å². The van der Waals surface area contributed by atoms with Crippen LogP contribution in [0.5, 0.6) is 0 Å². The minimum absolute atomic E-state index is 0.0431. The third-order valence-electron chi connectivity index (χ3n) is 5.77. The van der Waals surface area contributed by atoms with E-state index in [9.17, 15) is 5.11 Å². The lowest BCUT2D eigenvalue weighted by atomic mass is 9.71. The van der Waals surface area contributed by atoms with Crippen molar-refractivity contribution in [2.24, 2.45) is 23.2 Å². The highest BCUT2D eigenvalue weighted by molar-refractivity contribution is 4.92. The van der Waals surface area contributed by atoms with Crippen LogP contribution in [0.25, 0.3) is 0 Å². The summed E-state index contributed by atoms with van der Waals surface area (Å²) in [6, 6.07) is 0. The highest BCUT2D eigenvalue weighted by Crippen LogP contribution is 2.41. The maximum Gasteiger partial charge on any atom is 0.0581 e. The second kappa shape index (κ2) is 4.79. The molecule has 1 heterocycles. The summed E-state index contributed by atoms with van der Waals surface area (Å²) in [6.07, 6.45) is 7.74. The zero-order valence-corrected chi connectivity index (χ0v) is 12.1. The fourth-order valence-electron chi connectivity index (χ4n) is 4.72. The van der Waals surface area contributed by atoms with Crippen LogP contribution in [0.4, 0.5) is 0 Å². The van der Waals surface area contributed by atoms with Crippen molar-refractivity contribution >= 4 is 0 Å². The van der Waals surface area contributed by atoms with Crippen LogP contribution >= 0.6 is 0 Å².